The van der Waals surface area contributed by atoms with Gasteiger partial charge in [0.2, 0.25) is 0 Å². The van der Waals surface area contributed by atoms with Gasteiger partial charge in [0.15, 0.2) is 5.17 Å². The van der Waals surface area contributed by atoms with Crippen LogP contribution >= 0.6 is 39.1 Å². The van der Waals surface area contributed by atoms with Crippen molar-refractivity contribution in [3.63, 3.8) is 0 Å². The minimum Gasteiger partial charge on any atom is -0.286 e. The zero-order valence-electron chi connectivity index (χ0n) is 10.8. The normalized spacial score (nSPS) is 13.1. The maximum atomic E-state index is 6.22. The van der Waals surface area contributed by atoms with Crippen LogP contribution in [0.25, 0.3) is 0 Å². The highest BCUT2D eigenvalue weighted by Crippen LogP contribution is 2.20. The lowest BCUT2D eigenvalue weighted by Gasteiger charge is -2.10. The third-order valence-corrected chi connectivity index (χ3v) is 3.92. The molecule has 2 nitrogen and oxygen atoms in total. The number of benzene rings is 2. The van der Waals surface area contributed by atoms with Crippen LogP contribution in [0.2, 0.25) is 0 Å². The summed E-state index contributed by atoms with van der Waals surface area (Å²) in [4.78, 5) is 0. The Morgan fingerprint density at radius 1 is 1.20 bits per heavy atom. The lowest BCUT2D eigenvalue weighted by molar-refractivity contribution is 0.718. The Hall–Kier alpha value is -1.03. The highest BCUT2D eigenvalue weighted by molar-refractivity contribution is 9.10. The topological polar surface area (TPSA) is 24.4 Å². The smallest absolute Gasteiger partial charge is 0.156 e. The summed E-state index contributed by atoms with van der Waals surface area (Å²) in [6.07, 6.45) is 0. The van der Waals surface area contributed by atoms with Crippen molar-refractivity contribution in [2.45, 2.75) is 12.4 Å². The van der Waals surface area contributed by atoms with Crippen molar-refractivity contribution in [3.05, 3.63) is 69.7 Å². The summed E-state index contributed by atoms with van der Waals surface area (Å²) in [6, 6.07) is 15.5. The lowest BCUT2D eigenvalue weighted by Crippen LogP contribution is -2.12. The van der Waals surface area contributed by atoms with Gasteiger partial charge in [-0.1, -0.05) is 75.5 Å². The molecule has 1 N–H and O–H groups in total. The van der Waals surface area contributed by atoms with Crippen LogP contribution in [0.5, 0.6) is 0 Å². The van der Waals surface area contributed by atoms with Crippen molar-refractivity contribution in [1.29, 1.82) is 0 Å². The Labute approximate surface area is 136 Å². The molecule has 20 heavy (non-hydrogen) atoms. The van der Waals surface area contributed by atoms with Crippen LogP contribution in [0.4, 0.5) is 0 Å². The number of nitrogens with one attached hydrogen (secondary N) is 1. The zero-order chi connectivity index (χ0) is 14.5. The molecule has 2 aromatic rings. The number of rotatable bonds is 4. The molecule has 0 fully saturated rings. The summed E-state index contributed by atoms with van der Waals surface area (Å²) in [5, 5.41) is 4.53. The molecule has 0 bridgehead atoms. The molecule has 2 aromatic carbocycles. The number of halogens is 3. The van der Waals surface area contributed by atoms with Crippen molar-refractivity contribution in [2.24, 2.45) is 5.10 Å². The van der Waals surface area contributed by atoms with Crippen LogP contribution in [0.3, 0.4) is 0 Å². The molecule has 0 heterocycles. The molecule has 0 saturated carbocycles. The second-order valence-electron chi connectivity index (χ2n) is 4.26. The molecule has 5 heteroatoms. The van der Waals surface area contributed by atoms with E-state index in [9.17, 15) is 0 Å². The van der Waals surface area contributed by atoms with Gasteiger partial charge in [-0.05, 0) is 30.2 Å². The minimum absolute atomic E-state index is 0.380. The summed E-state index contributed by atoms with van der Waals surface area (Å²) in [5.41, 5.74) is 5.29. The van der Waals surface area contributed by atoms with Gasteiger partial charge in [-0.2, -0.15) is 5.10 Å². The molecule has 0 aliphatic carbocycles. The molecule has 2 rings (SSSR count). The Balaban J connectivity index is 2.13. The van der Waals surface area contributed by atoms with Crippen molar-refractivity contribution in [1.82, 2.24) is 5.43 Å². The largest absolute Gasteiger partial charge is 0.286 e. The Morgan fingerprint density at radius 3 is 2.60 bits per heavy atom. The highest BCUT2D eigenvalue weighted by Gasteiger charge is 2.08. The van der Waals surface area contributed by atoms with Crippen LogP contribution in [0, 0.1) is 6.92 Å². The molecule has 0 radical (unpaired) electrons. The maximum Gasteiger partial charge on any atom is 0.156 e. The van der Waals surface area contributed by atoms with Crippen molar-refractivity contribution in [2.75, 3.05) is 0 Å². The minimum atomic E-state index is -0.419. The summed E-state index contributed by atoms with van der Waals surface area (Å²) in [7, 11) is 0. The quantitative estimate of drug-likeness (QED) is 0.340. The van der Waals surface area contributed by atoms with Gasteiger partial charge in [0.05, 0.1) is 0 Å². The molecule has 0 saturated heterocycles. The third-order valence-electron chi connectivity index (χ3n) is 2.79. The monoisotopic (exact) mass is 370 g/mol. The summed E-state index contributed by atoms with van der Waals surface area (Å²) >= 11 is 15.9. The molecule has 0 spiro atoms. The second-order valence-corrected chi connectivity index (χ2v) is 5.97. The first kappa shape index (κ1) is 15.4. The first-order valence-corrected chi connectivity index (χ1v) is 7.63. The first-order valence-electron chi connectivity index (χ1n) is 6.02. The fourth-order valence-corrected chi connectivity index (χ4v) is 2.49. The molecule has 0 aliphatic rings. The highest BCUT2D eigenvalue weighted by atomic mass is 79.9. The molecule has 1 atom stereocenters. The first-order chi connectivity index (χ1) is 9.58. The summed E-state index contributed by atoms with van der Waals surface area (Å²) < 4.78 is 0.955. The maximum absolute atomic E-state index is 6.22. The lowest BCUT2D eigenvalue weighted by atomic mass is 10.1. The molecule has 0 aliphatic heterocycles. The summed E-state index contributed by atoms with van der Waals surface area (Å²) in [5.74, 6) is 0. The van der Waals surface area contributed by atoms with Gasteiger partial charge in [-0.15, -0.1) is 0 Å². The number of hydrogen-bond donors (Lipinski definition) is 1. The van der Waals surface area contributed by atoms with Crippen molar-refractivity contribution >= 4 is 44.3 Å². The SMILES string of the molecule is Cc1ccc(Br)cc1C(Cl)=NNC(Cl)c1ccccc1. The number of hydrogen-bond acceptors (Lipinski definition) is 2. The fraction of sp³-hybridized carbons (Fsp3) is 0.133. The van der Waals surface area contributed by atoms with E-state index in [1.807, 2.05) is 55.5 Å². The van der Waals surface area contributed by atoms with E-state index in [1.54, 1.807) is 0 Å². The van der Waals surface area contributed by atoms with E-state index >= 15 is 0 Å². The average Bonchev–Trinajstić information content (AvgIpc) is 2.47. The van der Waals surface area contributed by atoms with Crippen LogP contribution in [0.15, 0.2) is 58.1 Å². The van der Waals surface area contributed by atoms with Crippen molar-refractivity contribution in [3.8, 4) is 0 Å². The van der Waals surface area contributed by atoms with Crippen LogP contribution in [0.1, 0.15) is 22.2 Å². The van der Waals surface area contributed by atoms with E-state index in [1.165, 1.54) is 0 Å². The van der Waals surface area contributed by atoms with Crippen LogP contribution in [-0.2, 0) is 0 Å². The molecule has 0 aromatic heterocycles. The number of aryl methyl sites for hydroxylation is 1. The van der Waals surface area contributed by atoms with Gasteiger partial charge < -0.3 is 0 Å². The summed E-state index contributed by atoms with van der Waals surface area (Å²) in [6.45, 7) is 1.98. The van der Waals surface area contributed by atoms with E-state index in [2.05, 4.69) is 26.5 Å². The Kier molecular flexibility index (Phi) is 5.46. The second kappa shape index (κ2) is 7.11. The van der Waals surface area contributed by atoms with E-state index < -0.39 is 5.50 Å². The van der Waals surface area contributed by atoms with Gasteiger partial charge >= 0.3 is 0 Å². The van der Waals surface area contributed by atoms with E-state index in [4.69, 9.17) is 23.2 Å². The zero-order valence-corrected chi connectivity index (χ0v) is 13.9. The molecular formula is C15H13BrCl2N2. The van der Waals surface area contributed by atoms with Gasteiger partial charge in [0, 0.05) is 10.0 Å². The fourth-order valence-electron chi connectivity index (χ4n) is 1.69. The van der Waals surface area contributed by atoms with Crippen LogP contribution in [-0.4, -0.2) is 5.17 Å². The van der Waals surface area contributed by atoms with Gasteiger partial charge in [-0.25, -0.2) is 0 Å². The molecule has 0 amide bonds. The number of hydrazone groups is 1. The van der Waals surface area contributed by atoms with E-state index in [-0.39, 0.29) is 0 Å². The average molecular weight is 372 g/mol. The third kappa shape index (κ3) is 3.98. The molecule has 104 valence electrons. The predicted octanol–water partition coefficient (Wildman–Crippen LogP) is 5.19. The predicted molar refractivity (Wildman–Crippen MR) is 89.4 cm³/mol. The molecule has 1 unspecified atom stereocenters. The van der Waals surface area contributed by atoms with Gasteiger partial charge in [0.25, 0.3) is 0 Å². The standard InChI is InChI=1S/C15H13BrCl2N2/c1-10-7-8-12(16)9-13(10)15(18)20-19-14(17)11-5-3-2-4-6-11/h2-9,14,19H,1H3. The van der Waals surface area contributed by atoms with E-state index in [0.717, 1.165) is 21.2 Å². The Bertz CT molecular complexity index is 615. The number of alkyl halides is 1. The van der Waals surface area contributed by atoms with Gasteiger partial charge in [-0.3, -0.25) is 5.43 Å². The van der Waals surface area contributed by atoms with Crippen molar-refractivity contribution < 1.29 is 0 Å². The van der Waals surface area contributed by atoms with E-state index in [0.29, 0.717) is 5.17 Å². The van der Waals surface area contributed by atoms with Gasteiger partial charge in [0.1, 0.15) is 5.50 Å². The Morgan fingerprint density at radius 2 is 1.90 bits per heavy atom. The number of nitrogens with zero attached hydrogens (tertiary/aromatic N) is 1. The molecular weight excluding hydrogens is 359 g/mol. The van der Waals surface area contributed by atoms with Crippen LogP contribution < -0.4 is 5.43 Å².